The molecule has 88 valence electrons. The second-order valence-electron chi connectivity index (χ2n) is 3.60. The molecular formula is C12H13N3O2. The second kappa shape index (κ2) is 5.27. The van der Waals surface area contributed by atoms with E-state index < -0.39 is 0 Å². The molecule has 5 heteroatoms. The second-order valence-corrected chi connectivity index (χ2v) is 3.60. The van der Waals surface area contributed by atoms with Gasteiger partial charge in [-0.25, -0.2) is 4.98 Å². The first-order valence-corrected chi connectivity index (χ1v) is 5.21. The van der Waals surface area contributed by atoms with Crippen LogP contribution < -0.4 is 11.3 Å². The highest BCUT2D eigenvalue weighted by Gasteiger charge is 1.99. The van der Waals surface area contributed by atoms with Crippen molar-refractivity contribution in [1.29, 1.82) is 0 Å². The maximum absolute atomic E-state index is 11.1. The average molecular weight is 231 g/mol. The SMILES string of the molecule is Nc1nc(COCc2ccccc2)cc(=O)[nH]1. The number of nitrogens with two attached hydrogens (primary N) is 1. The number of benzene rings is 1. The van der Waals surface area contributed by atoms with E-state index in [0.29, 0.717) is 12.3 Å². The van der Waals surface area contributed by atoms with E-state index >= 15 is 0 Å². The highest BCUT2D eigenvalue weighted by molar-refractivity contribution is 5.17. The lowest BCUT2D eigenvalue weighted by Crippen LogP contribution is -2.12. The van der Waals surface area contributed by atoms with Crippen molar-refractivity contribution in [3.05, 3.63) is 58.0 Å². The fourth-order valence-corrected chi connectivity index (χ4v) is 1.45. The van der Waals surface area contributed by atoms with Crippen LogP contribution in [-0.2, 0) is 18.0 Å². The molecule has 0 aliphatic heterocycles. The van der Waals surface area contributed by atoms with Crippen molar-refractivity contribution in [1.82, 2.24) is 9.97 Å². The van der Waals surface area contributed by atoms with E-state index in [1.807, 2.05) is 30.3 Å². The Bertz CT molecular complexity index is 537. The van der Waals surface area contributed by atoms with Crippen molar-refractivity contribution in [2.75, 3.05) is 5.73 Å². The third kappa shape index (κ3) is 3.42. The zero-order valence-electron chi connectivity index (χ0n) is 9.22. The van der Waals surface area contributed by atoms with Crippen molar-refractivity contribution in [2.45, 2.75) is 13.2 Å². The number of nitrogens with one attached hydrogen (secondary N) is 1. The number of rotatable bonds is 4. The van der Waals surface area contributed by atoms with Crippen molar-refractivity contribution in [3.63, 3.8) is 0 Å². The lowest BCUT2D eigenvalue weighted by molar-refractivity contribution is 0.104. The maximum atomic E-state index is 11.1. The Labute approximate surface area is 98.3 Å². The molecule has 0 aliphatic carbocycles. The highest BCUT2D eigenvalue weighted by atomic mass is 16.5. The number of hydrogen-bond donors (Lipinski definition) is 2. The summed E-state index contributed by atoms with van der Waals surface area (Å²) < 4.78 is 5.44. The van der Waals surface area contributed by atoms with E-state index in [1.54, 1.807) is 0 Å². The Kier molecular flexibility index (Phi) is 3.52. The topological polar surface area (TPSA) is 81.0 Å². The summed E-state index contributed by atoms with van der Waals surface area (Å²) in [6.45, 7) is 0.748. The number of nitrogen functional groups attached to an aromatic ring is 1. The Morgan fingerprint density at radius 3 is 2.71 bits per heavy atom. The Morgan fingerprint density at radius 1 is 1.24 bits per heavy atom. The van der Waals surface area contributed by atoms with Gasteiger partial charge in [0.2, 0.25) is 5.95 Å². The zero-order chi connectivity index (χ0) is 12.1. The van der Waals surface area contributed by atoms with Crippen molar-refractivity contribution in [2.24, 2.45) is 0 Å². The maximum Gasteiger partial charge on any atom is 0.252 e. The van der Waals surface area contributed by atoms with E-state index in [9.17, 15) is 4.79 Å². The van der Waals surface area contributed by atoms with Gasteiger partial charge in [-0.15, -0.1) is 0 Å². The van der Waals surface area contributed by atoms with Crippen LogP contribution in [0.25, 0.3) is 0 Å². The van der Waals surface area contributed by atoms with Crippen LogP contribution in [0.4, 0.5) is 5.95 Å². The first-order valence-electron chi connectivity index (χ1n) is 5.21. The largest absolute Gasteiger partial charge is 0.370 e. The molecule has 0 radical (unpaired) electrons. The first kappa shape index (κ1) is 11.3. The summed E-state index contributed by atoms with van der Waals surface area (Å²) in [6.07, 6.45) is 0. The minimum absolute atomic E-state index is 0.107. The molecule has 0 saturated heterocycles. The Morgan fingerprint density at radius 2 is 2.00 bits per heavy atom. The standard InChI is InChI=1S/C12H13N3O2/c13-12-14-10(6-11(16)15-12)8-17-7-9-4-2-1-3-5-9/h1-6H,7-8H2,(H3,13,14,15,16). The average Bonchev–Trinajstić information content (AvgIpc) is 2.29. The van der Waals surface area contributed by atoms with Gasteiger partial charge >= 0.3 is 0 Å². The monoisotopic (exact) mass is 231 g/mol. The molecule has 1 aromatic carbocycles. The summed E-state index contributed by atoms with van der Waals surface area (Å²) >= 11 is 0. The number of anilines is 1. The van der Waals surface area contributed by atoms with Gasteiger partial charge < -0.3 is 10.5 Å². The Balaban J connectivity index is 1.92. The number of nitrogens with zero attached hydrogens (tertiary/aromatic N) is 1. The Hall–Kier alpha value is -2.14. The molecule has 1 aromatic heterocycles. The van der Waals surface area contributed by atoms with Gasteiger partial charge in [-0.2, -0.15) is 0 Å². The van der Waals surface area contributed by atoms with E-state index in [2.05, 4.69) is 9.97 Å². The lowest BCUT2D eigenvalue weighted by atomic mass is 10.2. The van der Waals surface area contributed by atoms with Gasteiger partial charge in [0.05, 0.1) is 18.9 Å². The smallest absolute Gasteiger partial charge is 0.252 e. The van der Waals surface area contributed by atoms with Crippen LogP contribution in [0.3, 0.4) is 0 Å². The van der Waals surface area contributed by atoms with E-state index in [1.165, 1.54) is 6.07 Å². The number of ether oxygens (including phenoxy) is 1. The fraction of sp³-hybridized carbons (Fsp3) is 0.167. The highest BCUT2D eigenvalue weighted by Crippen LogP contribution is 2.03. The van der Waals surface area contributed by atoms with Crippen LogP contribution in [0.2, 0.25) is 0 Å². The van der Waals surface area contributed by atoms with Crippen molar-refractivity contribution < 1.29 is 4.74 Å². The lowest BCUT2D eigenvalue weighted by Gasteiger charge is -2.04. The molecule has 2 rings (SSSR count). The third-order valence-electron chi connectivity index (χ3n) is 2.17. The zero-order valence-corrected chi connectivity index (χ0v) is 9.22. The predicted molar refractivity (Wildman–Crippen MR) is 64.2 cm³/mol. The van der Waals surface area contributed by atoms with Crippen LogP contribution in [0.5, 0.6) is 0 Å². The van der Waals surface area contributed by atoms with Crippen LogP contribution >= 0.6 is 0 Å². The summed E-state index contributed by atoms with van der Waals surface area (Å²) in [5, 5.41) is 0. The van der Waals surface area contributed by atoms with Crippen molar-refractivity contribution in [3.8, 4) is 0 Å². The van der Waals surface area contributed by atoms with Crippen LogP contribution in [0.15, 0.2) is 41.2 Å². The van der Waals surface area contributed by atoms with Gasteiger partial charge in [-0.05, 0) is 5.56 Å². The van der Waals surface area contributed by atoms with Gasteiger partial charge in [-0.3, -0.25) is 9.78 Å². The van der Waals surface area contributed by atoms with E-state index in [4.69, 9.17) is 10.5 Å². The van der Waals surface area contributed by atoms with Crippen LogP contribution in [-0.4, -0.2) is 9.97 Å². The summed E-state index contributed by atoms with van der Waals surface area (Å²) in [5.74, 6) is 0.107. The van der Waals surface area contributed by atoms with Gasteiger partial charge in [0, 0.05) is 6.07 Å². The predicted octanol–water partition coefficient (Wildman–Crippen LogP) is 1.07. The molecular weight excluding hydrogens is 218 g/mol. The molecule has 1 heterocycles. The van der Waals surface area contributed by atoms with Gasteiger partial charge in [-0.1, -0.05) is 30.3 Å². The van der Waals surface area contributed by atoms with Crippen LogP contribution in [0.1, 0.15) is 11.3 Å². The quantitative estimate of drug-likeness (QED) is 0.824. The fourth-order valence-electron chi connectivity index (χ4n) is 1.45. The summed E-state index contributed by atoms with van der Waals surface area (Å²) in [6, 6.07) is 11.2. The molecule has 0 atom stereocenters. The summed E-state index contributed by atoms with van der Waals surface area (Å²) in [5.41, 5.74) is 6.76. The van der Waals surface area contributed by atoms with Gasteiger partial charge in [0.15, 0.2) is 0 Å². The molecule has 5 nitrogen and oxygen atoms in total. The number of hydrogen-bond acceptors (Lipinski definition) is 4. The minimum atomic E-state index is -0.268. The molecule has 2 aromatic rings. The third-order valence-corrected chi connectivity index (χ3v) is 2.17. The summed E-state index contributed by atoms with van der Waals surface area (Å²) in [4.78, 5) is 17.4. The molecule has 0 amide bonds. The molecule has 0 fully saturated rings. The molecule has 0 saturated carbocycles. The molecule has 0 unspecified atom stereocenters. The van der Waals surface area contributed by atoms with E-state index in [-0.39, 0.29) is 18.1 Å². The molecule has 3 N–H and O–H groups in total. The van der Waals surface area contributed by atoms with Gasteiger partial charge in [0.25, 0.3) is 5.56 Å². The van der Waals surface area contributed by atoms with Crippen molar-refractivity contribution >= 4 is 5.95 Å². The van der Waals surface area contributed by atoms with Gasteiger partial charge in [0.1, 0.15) is 0 Å². The summed E-state index contributed by atoms with van der Waals surface area (Å²) in [7, 11) is 0. The number of H-pyrrole nitrogens is 1. The minimum Gasteiger partial charge on any atom is -0.370 e. The first-order chi connectivity index (χ1) is 8.24. The molecule has 0 aliphatic rings. The molecule has 0 spiro atoms. The molecule has 0 bridgehead atoms. The molecule has 17 heavy (non-hydrogen) atoms. The number of aromatic amines is 1. The normalized spacial score (nSPS) is 10.4. The number of aromatic nitrogens is 2. The van der Waals surface area contributed by atoms with Crippen LogP contribution in [0, 0.1) is 0 Å². The van der Waals surface area contributed by atoms with E-state index in [0.717, 1.165) is 5.56 Å².